The zero-order valence-electron chi connectivity index (χ0n) is 12.0. The first kappa shape index (κ1) is 15.2. The molecule has 1 aliphatic carbocycles. The molecule has 2 rings (SSSR count). The molecule has 110 valence electrons. The fourth-order valence-corrected chi connectivity index (χ4v) is 3.04. The molecule has 1 aromatic carbocycles. The van der Waals surface area contributed by atoms with Gasteiger partial charge in [-0.15, -0.1) is 0 Å². The summed E-state index contributed by atoms with van der Waals surface area (Å²) in [7, 11) is 0. The van der Waals surface area contributed by atoms with Crippen molar-refractivity contribution in [3.63, 3.8) is 0 Å². The summed E-state index contributed by atoms with van der Waals surface area (Å²) in [6.07, 6.45) is 12.0. The molecule has 0 heterocycles. The van der Waals surface area contributed by atoms with Crippen LogP contribution in [-0.4, -0.2) is 6.67 Å². The molecule has 1 fully saturated rings. The van der Waals surface area contributed by atoms with Crippen LogP contribution < -0.4 is 0 Å². The van der Waals surface area contributed by atoms with Crippen LogP contribution in [0, 0.1) is 17.7 Å². The third-order valence-corrected chi connectivity index (χ3v) is 4.33. The maximum atomic E-state index is 12.8. The summed E-state index contributed by atoms with van der Waals surface area (Å²) < 4.78 is 24.8. The summed E-state index contributed by atoms with van der Waals surface area (Å²) in [4.78, 5) is 0. The van der Waals surface area contributed by atoms with Crippen LogP contribution in [-0.2, 0) is 6.42 Å². The maximum absolute atomic E-state index is 12.8. The molecule has 0 radical (unpaired) electrons. The molecule has 1 aromatic rings. The van der Waals surface area contributed by atoms with Crippen molar-refractivity contribution in [1.82, 2.24) is 0 Å². The molecule has 1 saturated carbocycles. The lowest BCUT2D eigenvalue weighted by atomic mass is 9.79. The number of aryl methyl sites for hydroxylation is 1. The predicted molar refractivity (Wildman–Crippen MR) is 79.9 cm³/mol. The molecule has 0 atom stereocenters. The van der Waals surface area contributed by atoms with E-state index in [0.717, 1.165) is 12.3 Å². The highest BCUT2D eigenvalue weighted by atomic mass is 19.1. The predicted octanol–water partition coefficient (Wildman–Crippen LogP) is 5.48. The van der Waals surface area contributed by atoms with E-state index >= 15 is 0 Å². The summed E-state index contributed by atoms with van der Waals surface area (Å²) >= 11 is 0. The van der Waals surface area contributed by atoms with Gasteiger partial charge in [-0.1, -0.05) is 24.3 Å². The second kappa shape index (κ2) is 8.18. The SMILES string of the molecule is FCC/C=C/C1CCC(CCc2ccc(F)cc2)CC1. The second-order valence-corrected chi connectivity index (χ2v) is 5.85. The van der Waals surface area contributed by atoms with Crippen molar-refractivity contribution in [3.05, 3.63) is 47.8 Å². The largest absolute Gasteiger partial charge is 0.251 e. The van der Waals surface area contributed by atoms with Gasteiger partial charge >= 0.3 is 0 Å². The van der Waals surface area contributed by atoms with Crippen molar-refractivity contribution >= 4 is 0 Å². The molecule has 0 nitrogen and oxygen atoms in total. The highest BCUT2D eigenvalue weighted by Crippen LogP contribution is 2.32. The van der Waals surface area contributed by atoms with E-state index < -0.39 is 0 Å². The minimum Gasteiger partial charge on any atom is -0.251 e. The smallest absolute Gasteiger partial charge is 0.123 e. The average Bonchev–Trinajstić information content (AvgIpc) is 2.48. The Balaban J connectivity index is 1.68. The Kier molecular flexibility index (Phi) is 6.23. The Hall–Kier alpha value is -1.18. The van der Waals surface area contributed by atoms with Gasteiger partial charge in [0.2, 0.25) is 0 Å². The number of alkyl halides is 1. The van der Waals surface area contributed by atoms with Crippen LogP contribution in [0.1, 0.15) is 44.1 Å². The first-order valence-electron chi connectivity index (χ1n) is 7.75. The highest BCUT2D eigenvalue weighted by molar-refractivity contribution is 5.16. The van der Waals surface area contributed by atoms with Gasteiger partial charge < -0.3 is 0 Å². The van der Waals surface area contributed by atoms with Crippen molar-refractivity contribution in [2.45, 2.75) is 44.9 Å². The molecule has 0 aliphatic heterocycles. The maximum Gasteiger partial charge on any atom is 0.123 e. The van der Waals surface area contributed by atoms with E-state index in [9.17, 15) is 8.78 Å². The highest BCUT2D eigenvalue weighted by Gasteiger charge is 2.19. The minimum atomic E-state index is -0.247. The van der Waals surface area contributed by atoms with Gasteiger partial charge in [0.1, 0.15) is 5.82 Å². The first-order valence-corrected chi connectivity index (χ1v) is 7.75. The molecule has 0 N–H and O–H groups in total. The van der Waals surface area contributed by atoms with Crippen molar-refractivity contribution in [2.24, 2.45) is 11.8 Å². The second-order valence-electron chi connectivity index (χ2n) is 5.85. The third-order valence-electron chi connectivity index (χ3n) is 4.33. The van der Waals surface area contributed by atoms with Gasteiger partial charge in [0.25, 0.3) is 0 Å². The quantitative estimate of drug-likeness (QED) is 0.604. The summed E-state index contributed by atoms with van der Waals surface area (Å²) in [6, 6.07) is 6.87. The Morgan fingerprint density at radius 2 is 1.75 bits per heavy atom. The van der Waals surface area contributed by atoms with Crippen LogP contribution >= 0.6 is 0 Å². The first-order chi connectivity index (χ1) is 9.78. The van der Waals surface area contributed by atoms with Crippen molar-refractivity contribution in [1.29, 1.82) is 0 Å². The van der Waals surface area contributed by atoms with Crippen LogP contribution in [0.25, 0.3) is 0 Å². The number of hydrogen-bond acceptors (Lipinski definition) is 0. The van der Waals surface area contributed by atoms with Gasteiger partial charge in [0.15, 0.2) is 0 Å². The number of rotatable bonds is 6. The van der Waals surface area contributed by atoms with E-state index in [1.54, 1.807) is 12.1 Å². The molecular weight excluding hydrogens is 254 g/mol. The molecule has 0 aromatic heterocycles. The summed E-state index contributed by atoms with van der Waals surface area (Å²) in [5, 5.41) is 0. The molecular formula is C18H24F2. The monoisotopic (exact) mass is 278 g/mol. The van der Waals surface area contributed by atoms with Crippen LogP contribution in [0.2, 0.25) is 0 Å². The van der Waals surface area contributed by atoms with Crippen molar-refractivity contribution in [2.75, 3.05) is 6.67 Å². The van der Waals surface area contributed by atoms with Crippen LogP contribution in [0.5, 0.6) is 0 Å². The van der Waals surface area contributed by atoms with E-state index in [1.165, 1.54) is 37.7 Å². The van der Waals surface area contributed by atoms with Crippen LogP contribution in [0.3, 0.4) is 0 Å². The summed E-state index contributed by atoms with van der Waals surface area (Å²) in [6.45, 7) is -0.247. The van der Waals surface area contributed by atoms with Crippen LogP contribution in [0.4, 0.5) is 8.78 Å². The molecule has 0 unspecified atom stereocenters. The minimum absolute atomic E-state index is 0.158. The topological polar surface area (TPSA) is 0 Å². The summed E-state index contributed by atoms with van der Waals surface area (Å²) in [5.74, 6) is 1.30. The zero-order valence-corrected chi connectivity index (χ0v) is 12.0. The van der Waals surface area contributed by atoms with Gasteiger partial charge in [0.05, 0.1) is 6.67 Å². The Morgan fingerprint density at radius 3 is 2.40 bits per heavy atom. The van der Waals surface area contributed by atoms with E-state index in [0.29, 0.717) is 12.3 Å². The Morgan fingerprint density at radius 1 is 1.05 bits per heavy atom. The standard InChI is InChI=1S/C18H24F2/c19-14-2-1-3-15-4-6-16(7-5-15)8-9-17-10-12-18(20)13-11-17/h1,3,10-13,15-16H,2,4-9,14H2/b3-1+. The Bertz CT molecular complexity index is 400. The molecule has 0 amide bonds. The van der Waals surface area contributed by atoms with Crippen molar-refractivity contribution < 1.29 is 8.78 Å². The fourth-order valence-electron chi connectivity index (χ4n) is 3.04. The van der Waals surface area contributed by atoms with Gasteiger partial charge in [-0.25, -0.2) is 4.39 Å². The summed E-state index contributed by atoms with van der Waals surface area (Å²) in [5.41, 5.74) is 1.23. The van der Waals surface area contributed by atoms with E-state index in [4.69, 9.17) is 0 Å². The molecule has 2 heteroatoms. The number of hydrogen-bond donors (Lipinski definition) is 0. The fraction of sp³-hybridized carbons (Fsp3) is 0.556. The van der Waals surface area contributed by atoms with Gasteiger partial charge in [0, 0.05) is 0 Å². The average molecular weight is 278 g/mol. The van der Waals surface area contributed by atoms with Gasteiger partial charge in [-0.3, -0.25) is 4.39 Å². The normalized spacial score (nSPS) is 23.3. The lowest BCUT2D eigenvalue weighted by Gasteiger charge is -2.26. The van der Waals surface area contributed by atoms with Crippen molar-refractivity contribution in [3.8, 4) is 0 Å². The molecule has 0 spiro atoms. The molecule has 0 bridgehead atoms. The molecule has 0 saturated heterocycles. The number of allylic oxidation sites excluding steroid dienone is 2. The van der Waals surface area contributed by atoms with E-state index in [-0.39, 0.29) is 12.5 Å². The van der Waals surface area contributed by atoms with Crippen LogP contribution in [0.15, 0.2) is 36.4 Å². The Labute approximate surface area is 120 Å². The lowest BCUT2D eigenvalue weighted by Crippen LogP contribution is -2.13. The molecule has 20 heavy (non-hydrogen) atoms. The zero-order chi connectivity index (χ0) is 14.2. The number of benzene rings is 1. The lowest BCUT2D eigenvalue weighted by molar-refractivity contribution is 0.296. The van der Waals surface area contributed by atoms with Gasteiger partial charge in [-0.2, -0.15) is 0 Å². The third kappa shape index (κ3) is 5.07. The van der Waals surface area contributed by atoms with Gasteiger partial charge in [-0.05, 0) is 74.5 Å². The van der Waals surface area contributed by atoms with E-state index in [1.807, 2.05) is 18.2 Å². The van der Waals surface area contributed by atoms with E-state index in [2.05, 4.69) is 6.08 Å². The number of halogens is 2. The molecule has 1 aliphatic rings.